The van der Waals surface area contributed by atoms with Crippen molar-refractivity contribution < 1.29 is 0 Å². The first-order chi connectivity index (χ1) is 8.54. The summed E-state index contributed by atoms with van der Waals surface area (Å²) in [6.45, 7) is 4.95. The summed E-state index contributed by atoms with van der Waals surface area (Å²) >= 11 is 0. The van der Waals surface area contributed by atoms with Gasteiger partial charge in [-0.2, -0.15) is 0 Å². The summed E-state index contributed by atoms with van der Waals surface area (Å²) < 4.78 is 0. The molecule has 18 heavy (non-hydrogen) atoms. The number of aromatic nitrogens is 2. The number of nitrogens with zero attached hydrogens (tertiary/aromatic N) is 1. The van der Waals surface area contributed by atoms with Gasteiger partial charge in [-0.05, 0) is 25.2 Å². The Labute approximate surface area is 107 Å². The summed E-state index contributed by atoms with van der Waals surface area (Å²) in [5.41, 5.74) is 5.90. The van der Waals surface area contributed by atoms with Crippen LogP contribution in [0.15, 0.2) is 10.9 Å². The molecule has 0 amide bonds. The third-order valence-corrected chi connectivity index (χ3v) is 3.04. The standard InChI is InChI=1S/C13H22N4O/c1-8(2)5-10(14)7-15-11-6-12(18)17-13(16-11)9-3-4-9/h6,8-10H,3-5,7,14H2,1-2H3,(H2,15,16,17,18). The Kier molecular flexibility index (Phi) is 4.01. The highest BCUT2D eigenvalue weighted by Crippen LogP contribution is 2.37. The summed E-state index contributed by atoms with van der Waals surface area (Å²) in [5, 5.41) is 3.16. The number of H-pyrrole nitrogens is 1. The van der Waals surface area contributed by atoms with Crippen molar-refractivity contribution in [2.45, 2.75) is 45.1 Å². The van der Waals surface area contributed by atoms with E-state index in [9.17, 15) is 4.79 Å². The number of nitrogens with two attached hydrogens (primary N) is 1. The minimum absolute atomic E-state index is 0.0909. The summed E-state index contributed by atoms with van der Waals surface area (Å²) in [5.74, 6) is 2.47. The highest BCUT2D eigenvalue weighted by Gasteiger charge is 2.26. The Hall–Kier alpha value is -1.36. The van der Waals surface area contributed by atoms with Gasteiger partial charge in [-0.1, -0.05) is 13.8 Å². The Balaban J connectivity index is 1.94. The van der Waals surface area contributed by atoms with Gasteiger partial charge in [-0.3, -0.25) is 4.79 Å². The molecule has 1 aliphatic carbocycles. The van der Waals surface area contributed by atoms with E-state index in [-0.39, 0.29) is 11.6 Å². The van der Waals surface area contributed by atoms with Crippen molar-refractivity contribution in [1.29, 1.82) is 0 Å². The molecule has 1 saturated carbocycles. The van der Waals surface area contributed by atoms with E-state index in [0.29, 0.717) is 24.2 Å². The molecule has 1 atom stereocenters. The number of rotatable bonds is 6. The van der Waals surface area contributed by atoms with Crippen LogP contribution in [-0.4, -0.2) is 22.6 Å². The zero-order chi connectivity index (χ0) is 13.1. The number of nitrogens with one attached hydrogen (secondary N) is 2. The van der Waals surface area contributed by atoms with Gasteiger partial charge >= 0.3 is 0 Å². The highest BCUT2D eigenvalue weighted by atomic mass is 16.1. The molecule has 0 aromatic carbocycles. The van der Waals surface area contributed by atoms with Crippen molar-refractivity contribution in [2.75, 3.05) is 11.9 Å². The van der Waals surface area contributed by atoms with Crippen molar-refractivity contribution in [2.24, 2.45) is 11.7 Å². The molecule has 0 spiro atoms. The molecule has 4 N–H and O–H groups in total. The number of hydrogen-bond donors (Lipinski definition) is 3. The van der Waals surface area contributed by atoms with E-state index in [1.807, 2.05) is 0 Å². The first kappa shape index (κ1) is 13.1. The van der Waals surface area contributed by atoms with Crippen LogP contribution >= 0.6 is 0 Å². The van der Waals surface area contributed by atoms with Crippen LogP contribution in [0.2, 0.25) is 0 Å². The average molecular weight is 250 g/mol. The smallest absolute Gasteiger partial charge is 0.252 e. The maximum atomic E-state index is 11.5. The van der Waals surface area contributed by atoms with E-state index in [1.54, 1.807) is 0 Å². The van der Waals surface area contributed by atoms with E-state index in [2.05, 4.69) is 29.1 Å². The molecule has 1 heterocycles. The number of anilines is 1. The summed E-state index contributed by atoms with van der Waals surface area (Å²) in [6, 6.07) is 1.59. The highest BCUT2D eigenvalue weighted by molar-refractivity contribution is 5.34. The van der Waals surface area contributed by atoms with Crippen LogP contribution in [0.3, 0.4) is 0 Å². The minimum atomic E-state index is -0.0909. The molecule has 100 valence electrons. The molecular formula is C13H22N4O. The Morgan fingerprint density at radius 1 is 1.56 bits per heavy atom. The maximum absolute atomic E-state index is 11.5. The van der Waals surface area contributed by atoms with Crippen LogP contribution in [0.5, 0.6) is 0 Å². The fraction of sp³-hybridized carbons (Fsp3) is 0.692. The average Bonchev–Trinajstić information content (AvgIpc) is 3.08. The summed E-state index contributed by atoms with van der Waals surface area (Å²) in [6.07, 6.45) is 3.21. The second-order valence-corrected chi connectivity index (χ2v) is 5.56. The van der Waals surface area contributed by atoms with Gasteiger partial charge in [0.1, 0.15) is 11.6 Å². The van der Waals surface area contributed by atoms with Crippen LogP contribution in [0.1, 0.15) is 44.9 Å². The van der Waals surface area contributed by atoms with Crippen LogP contribution in [-0.2, 0) is 0 Å². The predicted molar refractivity (Wildman–Crippen MR) is 72.8 cm³/mol. The van der Waals surface area contributed by atoms with Crippen LogP contribution in [0, 0.1) is 5.92 Å². The lowest BCUT2D eigenvalue weighted by molar-refractivity contribution is 0.508. The molecule has 2 rings (SSSR count). The molecule has 5 nitrogen and oxygen atoms in total. The fourth-order valence-electron chi connectivity index (χ4n) is 2.04. The lowest BCUT2D eigenvalue weighted by atomic mass is 10.0. The second kappa shape index (κ2) is 5.52. The Morgan fingerprint density at radius 2 is 2.28 bits per heavy atom. The minimum Gasteiger partial charge on any atom is -0.368 e. The predicted octanol–water partition coefficient (Wildman–Crippen LogP) is 1.43. The quantitative estimate of drug-likeness (QED) is 0.713. The molecule has 1 fully saturated rings. The monoisotopic (exact) mass is 250 g/mol. The van der Waals surface area contributed by atoms with E-state index in [0.717, 1.165) is 25.1 Å². The topological polar surface area (TPSA) is 83.8 Å². The molecule has 5 heteroatoms. The zero-order valence-electron chi connectivity index (χ0n) is 11.1. The first-order valence-corrected chi connectivity index (χ1v) is 6.65. The molecule has 0 saturated heterocycles. The largest absolute Gasteiger partial charge is 0.368 e. The van der Waals surface area contributed by atoms with Crippen molar-refractivity contribution in [1.82, 2.24) is 9.97 Å². The molecule has 1 aromatic rings. The van der Waals surface area contributed by atoms with E-state index in [4.69, 9.17) is 5.73 Å². The van der Waals surface area contributed by atoms with Gasteiger partial charge in [0, 0.05) is 24.6 Å². The molecule has 0 bridgehead atoms. The van der Waals surface area contributed by atoms with Crippen molar-refractivity contribution in [3.63, 3.8) is 0 Å². The lowest BCUT2D eigenvalue weighted by Gasteiger charge is -2.15. The van der Waals surface area contributed by atoms with Crippen molar-refractivity contribution in [3.8, 4) is 0 Å². The lowest BCUT2D eigenvalue weighted by Crippen LogP contribution is -2.31. The van der Waals surface area contributed by atoms with E-state index < -0.39 is 0 Å². The van der Waals surface area contributed by atoms with Gasteiger partial charge < -0.3 is 16.0 Å². The van der Waals surface area contributed by atoms with Gasteiger partial charge in [0.05, 0.1) is 0 Å². The first-order valence-electron chi connectivity index (χ1n) is 6.65. The van der Waals surface area contributed by atoms with Gasteiger partial charge in [-0.25, -0.2) is 4.98 Å². The van der Waals surface area contributed by atoms with Crippen molar-refractivity contribution >= 4 is 5.82 Å². The summed E-state index contributed by atoms with van der Waals surface area (Å²) in [4.78, 5) is 18.7. The third-order valence-electron chi connectivity index (χ3n) is 3.04. The van der Waals surface area contributed by atoms with Crippen LogP contribution < -0.4 is 16.6 Å². The second-order valence-electron chi connectivity index (χ2n) is 5.56. The van der Waals surface area contributed by atoms with Gasteiger partial charge in [0.15, 0.2) is 0 Å². The van der Waals surface area contributed by atoms with E-state index in [1.165, 1.54) is 6.07 Å². The van der Waals surface area contributed by atoms with Crippen LogP contribution in [0.25, 0.3) is 0 Å². The molecule has 0 radical (unpaired) electrons. The summed E-state index contributed by atoms with van der Waals surface area (Å²) in [7, 11) is 0. The third kappa shape index (κ3) is 3.84. The van der Waals surface area contributed by atoms with Crippen molar-refractivity contribution in [3.05, 3.63) is 22.2 Å². The molecule has 0 aliphatic heterocycles. The maximum Gasteiger partial charge on any atom is 0.252 e. The molecule has 1 aliphatic rings. The fourth-order valence-corrected chi connectivity index (χ4v) is 2.04. The SMILES string of the molecule is CC(C)CC(N)CNc1cc(=O)[nH]c(C2CC2)n1. The molecule has 1 unspecified atom stereocenters. The molecular weight excluding hydrogens is 228 g/mol. The normalized spacial score (nSPS) is 16.9. The van der Waals surface area contributed by atoms with Gasteiger partial charge in [-0.15, -0.1) is 0 Å². The number of aromatic amines is 1. The Morgan fingerprint density at radius 3 is 2.89 bits per heavy atom. The van der Waals surface area contributed by atoms with E-state index >= 15 is 0 Å². The van der Waals surface area contributed by atoms with Gasteiger partial charge in [0.2, 0.25) is 0 Å². The van der Waals surface area contributed by atoms with Crippen LogP contribution in [0.4, 0.5) is 5.82 Å². The zero-order valence-corrected chi connectivity index (χ0v) is 11.1. The molecule has 1 aromatic heterocycles. The number of hydrogen-bond acceptors (Lipinski definition) is 4. The van der Waals surface area contributed by atoms with Gasteiger partial charge in [0.25, 0.3) is 5.56 Å². The Bertz CT molecular complexity index is 451.